The fraction of sp³-hybridized carbons (Fsp3) is 0.182. The van der Waals surface area contributed by atoms with Crippen molar-refractivity contribution in [2.75, 3.05) is 6.54 Å². The van der Waals surface area contributed by atoms with E-state index < -0.39 is 11.9 Å². The van der Waals surface area contributed by atoms with Gasteiger partial charge in [-0.2, -0.15) is 0 Å². The van der Waals surface area contributed by atoms with Crippen molar-refractivity contribution >= 4 is 18.3 Å². The zero-order chi connectivity index (χ0) is 12.8. The van der Waals surface area contributed by atoms with Gasteiger partial charge in [0.25, 0.3) is 0 Å². The molecule has 0 aromatic heterocycles. The van der Waals surface area contributed by atoms with E-state index in [0.29, 0.717) is 24.0 Å². The Morgan fingerprint density at radius 1 is 1.24 bits per heavy atom. The van der Waals surface area contributed by atoms with Gasteiger partial charge in [-0.15, -0.1) is 0 Å². The minimum Gasteiger partial charge on any atom is -0.366 e. The quantitative estimate of drug-likeness (QED) is 0.694. The van der Waals surface area contributed by atoms with Gasteiger partial charge in [0.15, 0.2) is 0 Å². The maximum Gasteiger partial charge on any atom is 0.321 e. The fourth-order valence-corrected chi connectivity index (χ4v) is 1.43. The Hall–Kier alpha value is -2.37. The standard InChI is InChI=1S/C11H13N3O3/c12-10(16)9-4-2-1-3-8(9)5-6-14(7-15)11(13)17/h1-4,7H,5-6H2,(H2,12,16)(H2,13,17). The normalized spacial score (nSPS) is 9.65. The number of nitrogens with two attached hydrogens (primary N) is 2. The number of carbonyl (C=O) groups excluding carboxylic acids is 3. The molecule has 0 fully saturated rings. The highest BCUT2D eigenvalue weighted by Crippen LogP contribution is 2.09. The SMILES string of the molecule is NC(=O)c1ccccc1CCN(C=O)C(N)=O. The van der Waals surface area contributed by atoms with E-state index in [9.17, 15) is 14.4 Å². The Kier molecular flexibility index (Phi) is 4.21. The number of hydrogen-bond acceptors (Lipinski definition) is 3. The second-order valence-electron chi connectivity index (χ2n) is 3.41. The largest absolute Gasteiger partial charge is 0.366 e. The molecular formula is C11H13N3O3. The molecule has 6 heteroatoms. The molecule has 0 aliphatic carbocycles. The van der Waals surface area contributed by atoms with Crippen LogP contribution in [0, 0.1) is 0 Å². The van der Waals surface area contributed by atoms with Gasteiger partial charge in [0.1, 0.15) is 0 Å². The molecule has 0 bridgehead atoms. The Balaban J connectivity index is 2.78. The molecule has 0 aliphatic rings. The van der Waals surface area contributed by atoms with Gasteiger partial charge in [-0.3, -0.25) is 14.5 Å². The van der Waals surface area contributed by atoms with E-state index in [1.54, 1.807) is 24.3 Å². The van der Waals surface area contributed by atoms with E-state index in [4.69, 9.17) is 11.5 Å². The van der Waals surface area contributed by atoms with Crippen molar-refractivity contribution in [3.8, 4) is 0 Å². The van der Waals surface area contributed by atoms with E-state index in [2.05, 4.69) is 0 Å². The maximum atomic E-state index is 11.1. The molecule has 1 rings (SSSR count). The minimum absolute atomic E-state index is 0.114. The lowest BCUT2D eigenvalue weighted by Gasteiger charge is -2.13. The maximum absolute atomic E-state index is 11.1. The van der Waals surface area contributed by atoms with Crippen molar-refractivity contribution < 1.29 is 14.4 Å². The first-order valence-corrected chi connectivity index (χ1v) is 4.95. The van der Waals surface area contributed by atoms with Gasteiger partial charge in [0, 0.05) is 12.1 Å². The van der Waals surface area contributed by atoms with Gasteiger partial charge in [0.05, 0.1) is 0 Å². The molecule has 6 nitrogen and oxygen atoms in total. The van der Waals surface area contributed by atoms with Gasteiger partial charge in [-0.25, -0.2) is 4.79 Å². The lowest BCUT2D eigenvalue weighted by Crippen LogP contribution is -2.36. The highest BCUT2D eigenvalue weighted by Gasteiger charge is 2.11. The Labute approximate surface area is 98.2 Å². The van der Waals surface area contributed by atoms with Crippen molar-refractivity contribution in [2.24, 2.45) is 11.5 Å². The van der Waals surface area contributed by atoms with E-state index in [1.165, 1.54) is 0 Å². The van der Waals surface area contributed by atoms with Crippen LogP contribution in [0.2, 0.25) is 0 Å². The van der Waals surface area contributed by atoms with Crippen LogP contribution in [-0.2, 0) is 11.2 Å². The summed E-state index contributed by atoms with van der Waals surface area (Å²) in [7, 11) is 0. The summed E-state index contributed by atoms with van der Waals surface area (Å²) in [6.07, 6.45) is 0.690. The van der Waals surface area contributed by atoms with E-state index in [-0.39, 0.29) is 6.54 Å². The van der Waals surface area contributed by atoms with Crippen LogP contribution in [0.3, 0.4) is 0 Å². The first-order valence-electron chi connectivity index (χ1n) is 4.95. The van der Waals surface area contributed by atoms with Gasteiger partial charge >= 0.3 is 6.03 Å². The lowest BCUT2D eigenvalue weighted by atomic mass is 10.0. The Bertz CT molecular complexity index is 445. The average Bonchev–Trinajstić information content (AvgIpc) is 2.29. The second kappa shape index (κ2) is 5.64. The van der Waals surface area contributed by atoms with Crippen LogP contribution in [-0.4, -0.2) is 29.8 Å². The summed E-state index contributed by atoms with van der Waals surface area (Å²) >= 11 is 0. The zero-order valence-electron chi connectivity index (χ0n) is 9.13. The third-order valence-corrected chi connectivity index (χ3v) is 2.32. The highest BCUT2D eigenvalue weighted by molar-refractivity contribution is 5.94. The predicted molar refractivity (Wildman–Crippen MR) is 61.0 cm³/mol. The van der Waals surface area contributed by atoms with Crippen molar-refractivity contribution in [3.63, 3.8) is 0 Å². The molecule has 1 aromatic rings. The molecule has 0 unspecified atom stereocenters. The Morgan fingerprint density at radius 2 is 1.88 bits per heavy atom. The number of imide groups is 1. The molecule has 0 atom stereocenters. The van der Waals surface area contributed by atoms with Crippen LogP contribution in [0.5, 0.6) is 0 Å². The van der Waals surface area contributed by atoms with Crippen molar-refractivity contribution in [2.45, 2.75) is 6.42 Å². The summed E-state index contributed by atoms with van der Waals surface area (Å²) in [5.74, 6) is -0.544. The van der Waals surface area contributed by atoms with E-state index >= 15 is 0 Å². The smallest absolute Gasteiger partial charge is 0.321 e. The first kappa shape index (κ1) is 12.7. The van der Waals surface area contributed by atoms with Crippen molar-refractivity contribution in [1.82, 2.24) is 4.90 Å². The molecule has 0 spiro atoms. The summed E-state index contributed by atoms with van der Waals surface area (Å²) in [5, 5.41) is 0. The average molecular weight is 235 g/mol. The minimum atomic E-state index is -0.823. The lowest BCUT2D eigenvalue weighted by molar-refractivity contribution is -0.115. The molecule has 0 aliphatic heterocycles. The van der Waals surface area contributed by atoms with Crippen LogP contribution < -0.4 is 11.5 Å². The molecule has 90 valence electrons. The first-order chi connectivity index (χ1) is 8.06. The molecule has 4 amide bonds. The third kappa shape index (κ3) is 3.30. The number of rotatable bonds is 5. The number of amides is 4. The summed E-state index contributed by atoms with van der Waals surface area (Å²) in [6.45, 7) is 0.114. The monoisotopic (exact) mass is 235 g/mol. The number of benzene rings is 1. The molecule has 0 heterocycles. The predicted octanol–water partition coefficient (Wildman–Crippen LogP) is -0.135. The molecular weight excluding hydrogens is 222 g/mol. The van der Waals surface area contributed by atoms with E-state index in [0.717, 1.165) is 4.90 Å². The third-order valence-electron chi connectivity index (χ3n) is 2.32. The number of hydrogen-bond donors (Lipinski definition) is 2. The molecule has 0 radical (unpaired) electrons. The summed E-state index contributed by atoms with van der Waals surface area (Å²) in [5.41, 5.74) is 11.2. The number of carbonyl (C=O) groups is 3. The second-order valence-corrected chi connectivity index (χ2v) is 3.41. The summed E-state index contributed by atoms with van der Waals surface area (Å²) in [4.78, 5) is 33.3. The van der Waals surface area contributed by atoms with Crippen LogP contribution in [0.1, 0.15) is 15.9 Å². The summed E-state index contributed by atoms with van der Waals surface area (Å²) in [6, 6.07) is 5.92. The van der Waals surface area contributed by atoms with Crippen molar-refractivity contribution in [3.05, 3.63) is 35.4 Å². The van der Waals surface area contributed by atoms with Crippen LogP contribution in [0.4, 0.5) is 4.79 Å². The van der Waals surface area contributed by atoms with Crippen molar-refractivity contribution in [1.29, 1.82) is 0 Å². The van der Waals surface area contributed by atoms with Crippen LogP contribution in [0.25, 0.3) is 0 Å². The van der Waals surface area contributed by atoms with Gasteiger partial charge in [-0.05, 0) is 18.1 Å². The Morgan fingerprint density at radius 3 is 2.41 bits per heavy atom. The molecule has 17 heavy (non-hydrogen) atoms. The fourth-order valence-electron chi connectivity index (χ4n) is 1.43. The van der Waals surface area contributed by atoms with Crippen LogP contribution in [0.15, 0.2) is 24.3 Å². The van der Waals surface area contributed by atoms with Gasteiger partial charge in [-0.1, -0.05) is 18.2 Å². The molecule has 0 saturated heterocycles. The zero-order valence-corrected chi connectivity index (χ0v) is 9.13. The van der Waals surface area contributed by atoms with Gasteiger partial charge < -0.3 is 11.5 Å². The topological polar surface area (TPSA) is 106 Å². The van der Waals surface area contributed by atoms with E-state index in [1.807, 2.05) is 0 Å². The number of urea groups is 1. The number of nitrogens with zero attached hydrogens (tertiary/aromatic N) is 1. The van der Waals surface area contributed by atoms with Gasteiger partial charge in [0.2, 0.25) is 12.3 Å². The highest BCUT2D eigenvalue weighted by atomic mass is 16.2. The van der Waals surface area contributed by atoms with Crippen LogP contribution >= 0.6 is 0 Å². The molecule has 1 aromatic carbocycles. The molecule has 0 saturated carbocycles. The number of primary amides is 2. The summed E-state index contributed by atoms with van der Waals surface area (Å²) < 4.78 is 0. The molecule has 4 N–H and O–H groups in total.